The van der Waals surface area contributed by atoms with Gasteiger partial charge in [0.15, 0.2) is 0 Å². The molecule has 36 heavy (non-hydrogen) atoms. The number of amides is 2. The first-order valence-electron chi connectivity index (χ1n) is 11.7. The van der Waals surface area contributed by atoms with Crippen molar-refractivity contribution in [3.8, 4) is 16.9 Å². The molecule has 8 heteroatoms. The van der Waals surface area contributed by atoms with Gasteiger partial charge in [-0.15, -0.1) is 0 Å². The highest BCUT2D eigenvalue weighted by Gasteiger charge is 2.29. The van der Waals surface area contributed by atoms with E-state index in [1.807, 2.05) is 36.4 Å². The summed E-state index contributed by atoms with van der Waals surface area (Å²) in [5.74, 6) is -1.01. The molecule has 3 aromatic carbocycles. The molecule has 1 aliphatic rings. The van der Waals surface area contributed by atoms with Gasteiger partial charge in [0.25, 0.3) is 0 Å². The van der Waals surface area contributed by atoms with Crippen LogP contribution in [0.2, 0.25) is 0 Å². The van der Waals surface area contributed by atoms with E-state index in [0.717, 1.165) is 27.8 Å². The Bertz CT molecular complexity index is 1200. The number of nitrogens with one attached hydrogen (secondary N) is 2. The summed E-state index contributed by atoms with van der Waals surface area (Å²) in [7, 11) is 1.55. The molecule has 8 nitrogen and oxygen atoms in total. The number of carbonyl (C=O) groups excluding carboxylic acids is 2. The molecular formula is C28H28N2O6. The summed E-state index contributed by atoms with van der Waals surface area (Å²) in [5, 5.41) is 14.6. The maximum Gasteiger partial charge on any atom is 0.407 e. The molecule has 1 atom stereocenters. The number of hydrogen-bond donors (Lipinski definition) is 3. The maximum atomic E-state index is 12.3. The Kier molecular flexibility index (Phi) is 7.85. The van der Waals surface area contributed by atoms with Crippen molar-refractivity contribution in [2.75, 3.05) is 20.3 Å². The van der Waals surface area contributed by atoms with Gasteiger partial charge in [-0.3, -0.25) is 4.79 Å². The van der Waals surface area contributed by atoms with Gasteiger partial charge < -0.3 is 25.2 Å². The maximum absolute atomic E-state index is 12.3. The number of rotatable bonds is 10. The normalized spacial score (nSPS) is 12.7. The molecule has 0 aromatic heterocycles. The Hall–Kier alpha value is -4.33. The van der Waals surface area contributed by atoms with Crippen LogP contribution in [-0.2, 0) is 20.7 Å². The predicted octanol–water partition coefficient (Wildman–Crippen LogP) is 3.74. The van der Waals surface area contributed by atoms with Crippen LogP contribution >= 0.6 is 0 Å². The number of methoxy groups -OCH3 is 1. The SMILES string of the molecule is COc1ccc(C[C@H](NC(=O)CCNC(=O)OCC2c3ccccc3-c3ccccc32)C(=O)O)cc1. The van der Waals surface area contributed by atoms with Crippen LogP contribution in [-0.4, -0.2) is 49.4 Å². The summed E-state index contributed by atoms with van der Waals surface area (Å²) >= 11 is 0. The van der Waals surface area contributed by atoms with Crippen LogP contribution in [0, 0.1) is 0 Å². The fraction of sp³-hybridized carbons (Fsp3) is 0.250. The van der Waals surface area contributed by atoms with E-state index in [1.54, 1.807) is 31.4 Å². The summed E-state index contributed by atoms with van der Waals surface area (Å²) in [6.07, 6.45) is -0.570. The molecule has 0 saturated carbocycles. The van der Waals surface area contributed by atoms with E-state index < -0.39 is 24.0 Å². The predicted molar refractivity (Wildman–Crippen MR) is 134 cm³/mol. The molecule has 0 bridgehead atoms. The minimum Gasteiger partial charge on any atom is -0.497 e. The topological polar surface area (TPSA) is 114 Å². The van der Waals surface area contributed by atoms with E-state index >= 15 is 0 Å². The van der Waals surface area contributed by atoms with Gasteiger partial charge in [0.1, 0.15) is 18.4 Å². The third-order valence-electron chi connectivity index (χ3n) is 6.20. The summed E-state index contributed by atoms with van der Waals surface area (Å²) in [4.78, 5) is 36.1. The van der Waals surface area contributed by atoms with Crippen molar-refractivity contribution in [3.05, 3.63) is 89.5 Å². The molecule has 3 N–H and O–H groups in total. The monoisotopic (exact) mass is 488 g/mol. The third-order valence-corrected chi connectivity index (χ3v) is 6.20. The molecule has 0 saturated heterocycles. The van der Waals surface area contributed by atoms with Crippen molar-refractivity contribution in [2.45, 2.75) is 24.8 Å². The van der Waals surface area contributed by atoms with E-state index in [-0.39, 0.29) is 31.9 Å². The lowest BCUT2D eigenvalue weighted by Crippen LogP contribution is -2.43. The molecule has 0 radical (unpaired) electrons. The van der Waals surface area contributed by atoms with Gasteiger partial charge in [0, 0.05) is 25.3 Å². The fourth-order valence-electron chi connectivity index (χ4n) is 4.39. The number of benzene rings is 3. The third kappa shape index (κ3) is 5.83. The van der Waals surface area contributed by atoms with Crippen LogP contribution in [0.25, 0.3) is 11.1 Å². The number of hydrogen-bond acceptors (Lipinski definition) is 5. The second-order valence-electron chi connectivity index (χ2n) is 8.51. The largest absolute Gasteiger partial charge is 0.497 e. The number of fused-ring (bicyclic) bond motifs is 3. The van der Waals surface area contributed by atoms with Gasteiger partial charge in [0.2, 0.25) is 5.91 Å². The van der Waals surface area contributed by atoms with Crippen LogP contribution in [0.15, 0.2) is 72.8 Å². The van der Waals surface area contributed by atoms with Gasteiger partial charge >= 0.3 is 12.1 Å². The fourth-order valence-corrected chi connectivity index (χ4v) is 4.39. The highest BCUT2D eigenvalue weighted by Crippen LogP contribution is 2.44. The molecule has 0 heterocycles. The molecule has 0 spiro atoms. The molecule has 4 rings (SSSR count). The highest BCUT2D eigenvalue weighted by molar-refractivity contribution is 5.84. The Morgan fingerprint density at radius 2 is 1.53 bits per heavy atom. The summed E-state index contributed by atoms with van der Waals surface area (Å²) in [6.45, 7) is 0.201. The van der Waals surface area contributed by atoms with Gasteiger partial charge in [0.05, 0.1) is 7.11 Å². The molecule has 0 aliphatic heterocycles. The van der Waals surface area contributed by atoms with Crippen molar-refractivity contribution >= 4 is 18.0 Å². The average Bonchev–Trinajstić information content (AvgIpc) is 3.21. The van der Waals surface area contributed by atoms with Crippen molar-refractivity contribution < 1.29 is 29.0 Å². The standard InChI is InChI=1S/C28H28N2O6/c1-35-19-12-10-18(11-13-19)16-25(27(32)33)30-26(31)14-15-29-28(34)36-17-24-22-8-4-2-6-20(22)21-7-3-5-9-23(21)24/h2-13,24-25H,14-17H2,1H3,(H,29,34)(H,30,31)(H,32,33)/t25-/m0/s1. The van der Waals surface area contributed by atoms with E-state index in [1.165, 1.54) is 0 Å². The van der Waals surface area contributed by atoms with Crippen molar-refractivity contribution in [1.29, 1.82) is 0 Å². The Morgan fingerprint density at radius 3 is 2.11 bits per heavy atom. The number of carboxylic acid groups (broad SMARTS) is 1. The van der Waals surface area contributed by atoms with Gasteiger partial charge in [-0.1, -0.05) is 60.7 Å². The van der Waals surface area contributed by atoms with E-state index in [0.29, 0.717) is 5.75 Å². The molecule has 1 aliphatic carbocycles. The van der Waals surface area contributed by atoms with Crippen LogP contribution in [0.4, 0.5) is 4.79 Å². The molecule has 186 valence electrons. The lowest BCUT2D eigenvalue weighted by Gasteiger charge is -2.16. The molecule has 0 fully saturated rings. The minimum absolute atomic E-state index is 0.0252. The quantitative estimate of drug-likeness (QED) is 0.401. The van der Waals surface area contributed by atoms with Crippen LogP contribution < -0.4 is 15.4 Å². The van der Waals surface area contributed by atoms with Crippen molar-refractivity contribution in [3.63, 3.8) is 0 Å². The lowest BCUT2D eigenvalue weighted by atomic mass is 9.98. The number of ether oxygens (including phenoxy) is 2. The van der Waals surface area contributed by atoms with Gasteiger partial charge in [-0.05, 0) is 39.9 Å². The van der Waals surface area contributed by atoms with Crippen LogP contribution in [0.5, 0.6) is 5.75 Å². The molecule has 0 unspecified atom stereocenters. The summed E-state index contributed by atoms with van der Waals surface area (Å²) < 4.78 is 10.5. The van der Waals surface area contributed by atoms with E-state index in [2.05, 4.69) is 22.8 Å². The lowest BCUT2D eigenvalue weighted by molar-refractivity contribution is -0.141. The summed E-state index contributed by atoms with van der Waals surface area (Å²) in [6, 6.07) is 22.0. The Balaban J connectivity index is 1.23. The average molecular weight is 489 g/mol. The second kappa shape index (κ2) is 11.4. The van der Waals surface area contributed by atoms with Crippen LogP contribution in [0.3, 0.4) is 0 Å². The van der Waals surface area contributed by atoms with Gasteiger partial charge in [-0.2, -0.15) is 0 Å². The minimum atomic E-state index is -1.14. The first-order chi connectivity index (χ1) is 17.5. The number of carbonyl (C=O) groups is 3. The molecule has 2 amide bonds. The number of carboxylic acids is 1. The molecule has 3 aromatic rings. The van der Waals surface area contributed by atoms with E-state index in [4.69, 9.17) is 9.47 Å². The van der Waals surface area contributed by atoms with Crippen molar-refractivity contribution in [1.82, 2.24) is 10.6 Å². The smallest absolute Gasteiger partial charge is 0.407 e. The molecular weight excluding hydrogens is 460 g/mol. The Labute approximate surface area is 209 Å². The summed E-state index contributed by atoms with van der Waals surface area (Å²) in [5.41, 5.74) is 5.26. The Morgan fingerprint density at radius 1 is 0.917 bits per heavy atom. The second-order valence-corrected chi connectivity index (χ2v) is 8.51. The highest BCUT2D eigenvalue weighted by atomic mass is 16.5. The zero-order valence-electron chi connectivity index (χ0n) is 19.9. The van der Waals surface area contributed by atoms with Gasteiger partial charge in [-0.25, -0.2) is 9.59 Å². The first kappa shape index (κ1) is 24.8. The zero-order chi connectivity index (χ0) is 25.5. The van der Waals surface area contributed by atoms with Crippen LogP contribution in [0.1, 0.15) is 29.0 Å². The van der Waals surface area contributed by atoms with E-state index in [9.17, 15) is 19.5 Å². The van der Waals surface area contributed by atoms with Crippen molar-refractivity contribution in [2.24, 2.45) is 0 Å². The first-order valence-corrected chi connectivity index (χ1v) is 11.7. The number of aliphatic carboxylic acids is 1. The number of alkyl carbamates (subject to hydrolysis) is 1. The zero-order valence-corrected chi connectivity index (χ0v) is 19.9.